The highest BCUT2D eigenvalue weighted by atomic mass is 35.5. The molecule has 11 heteroatoms. The van der Waals surface area contributed by atoms with Crippen LogP contribution in [-0.4, -0.2) is 63.7 Å². The molecule has 3 heterocycles. The van der Waals surface area contributed by atoms with Crippen molar-refractivity contribution in [2.75, 3.05) is 19.7 Å². The maximum absolute atomic E-state index is 12.1. The number of carbonyl (C=O) groups is 1. The first kappa shape index (κ1) is 20.7. The lowest BCUT2D eigenvalue weighted by Crippen LogP contribution is -2.38. The van der Waals surface area contributed by atoms with E-state index < -0.39 is 35.8 Å². The summed E-state index contributed by atoms with van der Waals surface area (Å²) < 4.78 is 11.8. The minimum atomic E-state index is -1.46. The van der Waals surface area contributed by atoms with E-state index in [1.54, 1.807) is 0 Å². The van der Waals surface area contributed by atoms with Gasteiger partial charge >= 0.3 is 11.7 Å². The van der Waals surface area contributed by atoms with Gasteiger partial charge in [0.05, 0.1) is 11.5 Å². The average Bonchev–Trinajstić information content (AvgIpc) is 2.97. The molecule has 0 bridgehead atoms. The summed E-state index contributed by atoms with van der Waals surface area (Å²) in [5.41, 5.74) is -0.303. The van der Waals surface area contributed by atoms with Crippen LogP contribution in [0.25, 0.3) is 6.08 Å². The van der Waals surface area contributed by atoms with Crippen molar-refractivity contribution >= 4 is 23.6 Å². The Morgan fingerprint density at radius 3 is 2.71 bits per heavy atom. The zero-order chi connectivity index (χ0) is 20.3. The third kappa shape index (κ3) is 4.36. The van der Waals surface area contributed by atoms with E-state index in [1.807, 2.05) is 0 Å². The molecule has 0 amide bonds. The van der Waals surface area contributed by atoms with Gasteiger partial charge in [-0.15, -0.1) is 0 Å². The Morgan fingerprint density at radius 2 is 2.04 bits per heavy atom. The second kappa shape index (κ2) is 9.01. The Balaban J connectivity index is 1.70. The molecule has 4 unspecified atom stereocenters. The van der Waals surface area contributed by atoms with Crippen LogP contribution in [0.1, 0.15) is 24.6 Å². The zero-order valence-corrected chi connectivity index (χ0v) is 15.7. The molecule has 2 saturated heterocycles. The number of halogens is 1. The zero-order valence-electron chi connectivity index (χ0n) is 14.9. The van der Waals surface area contributed by atoms with Gasteiger partial charge in [-0.1, -0.05) is 11.6 Å². The van der Waals surface area contributed by atoms with E-state index in [1.165, 1.54) is 12.3 Å². The van der Waals surface area contributed by atoms with E-state index in [-0.39, 0.29) is 24.1 Å². The van der Waals surface area contributed by atoms with E-state index in [2.05, 4.69) is 10.3 Å². The van der Waals surface area contributed by atoms with Crippen molar-refractivity contribution in [3.8, 4) is 0 Å². The van der Waals surface area contributed by atoms with Gasteiger partial charge in [-0.05, 0) is 32.0 Å². The number of ether oxygens (including phenoxy) is 2. The molecule has 3 rings (SSSR count). The number of rotatable bonds is 5. The van der Waals surface area contributed by atoms with Crippen LogP contribution in [0.3, 0.4) is 0 Å². The molecule has 0 spiro atoms. The maximum atomic E-state index is 12.1. The second-order valence-electron chi connectivity index (χ2n) is 6.74. The van der Waals surface area contributed by atoms with Crippen LogP contribution in [-0.2, 0) is 14.3 Å². The molecule has 1 aromatic rings. The van der Waals surface area contributed by atoms with Gasteiger partial charge in [0.1, 0.15) is 24.9 Å². The van der Waals surface area contributed by atoms with Gasteiger partial charge in [0.25, 0.3) is 5.56 Å². The first-order valence-electron chi connectivity index (χ1n) is 8.93. The van der Waals surface area contributed by atoms with Crippen LogP contribution < -0.4 is 16.6 Å². The van der Waals surface area contributed by atoms with Gasteiger partial charge < -0.3 is 25.0 Å². The van der Waals surface area contributed by atoms with Crippen LogP contribution in [0, 0.1) is 5.92 Å². The molecule has 154 valence electrons. The fraction of sp³-hybridized carbons (Fsp3) is 0.588. The molecule has 10 nitrogen and oxygen atoms in total. The minimum Gasteiger partial charge on any atom is -0.463 e. The fourth-order valence-corrected chi connectivity index (χ4v) is 3.45. The topological polar surface area (TPSA) is 143 Å². The van der Waals surface area contributed by atoms with Crippen LogP contribution >= 0.6 is 11.6 Å². The summed E-state index contributed by atoms with van der Waals surface area (Å²) in [6.07, 6.45) is -1.34. The lowest BCUT2D eigenvalue weighted by molar-refractivity contribution is -0.155. The molecule has 2 aliphatic heterocycles. The molecule has 28 heavy (non-hydrogen) atoms. The van der Waals surface area contributed by atoms with Crippen molar-refractivity contribution in [3.63, 3.8) is 0 Å². The molecule has 0 aromatic carbocycles. The maximum Gasteiger partial charge on any atom is 0.330 e. The number of nitrogens with one attached hydrogen (secondary N) is 2. The highest BCUT2D eigenvalue weighted by Crippen LogP contribution is 2.29. The lowest BCUT2D eigenvalue weighted by atomic mass is 9.98. The van der Waals surface area contributed by atoms with E-state index in [0.717, 1.165) is 23.2 Å². The number of hydrogen-bond donors (Lipinski definition) is 4. The summed E-state index contributed by atoms with van der Waals surface area (Å²) in [6, 6.07) is 0. The van der Waals surface area contributed by atoms with Gasteiger partial charge in [-0.25, -0.2) is 4.79 Å². The first-order valence-corrected chi connectivity index (χ1v) is 9.37. The number of aromatic nitrogens is 2. The smallest absolute Gasteiger partial charge is 0.330 e. The van der Waals surface area contributed by atoms with E-state index in [4.69, 9.17) is 21.1 Å². The molecule has 4 N–H and O–H groups in total. The van der Waals surface area contributed by atoms with Crippen molar-refractivity contribution < 1.29 is 24.5 Å². The summed E-state index contributed by atoms with van der Waals surface area (Å²) in [7, 11) is 0. The Morgan fingerprint density at radius 1 is 1.32 bits per heavy atom. The summed E-state index contributed by atoms with van der Waals surface area (Å²) in [5, 5.41) is 23.7. The Labute approximate surface area is 164 Å². The summed E-state index contributed by atoms with van der Waals surface area (Å²) >= 11 is 5.48. The van der Waals surface area contributed by atoms with Gasteiger partial charge in [-0.2, -0.15) is 0 Å². The largest absolute Gasteiger partial charge is 0.463 e. The van der Waals surface area contributed by atoms with Crippen LogP contribution in [0.2, 0.25) is 0 Å². The third-order valence-electron chi connectivity index (χ3n) is 4.91. The van der Waals surface area contributed by atoms with Gasteiger partial charge in [0.2, 0.25) is 0 Å². The third-order valence-corrected chi connectivity index (χ3v) is 5.04. The second-order valence-corrected chi connectivity index (χ2v) is 7.00. The normalized spacial score (nSPS) is 28.7. The number of carbonyl (C=O) groups excluding carboxylic acids is 1. The van der Waals surface area contributed by atoms with Crippen molar-refractivity contribution in [1.82, 2.24) is 14.9 Å². The van der Waals surface area contributed by atoms with E-state index >= 15 is 0 Å². The number of aliphatic hydroxyl groups excluding tert-OH is 2. The van der Waals surface area contributed by atoms with Crippen LogP contribution in [0.5, 0.6) is 0 Å². The number of hydrogen-bond acceptors (Lipinski definition) is 8. The molecule has 0 aliphatic carbocycles. The Bertz CT molecular complexity index is 846. The molecule has 0 radical (unpaired) electrons. The predicted octanol–water partition coefficient (Wildman–Crippen LogP) is -1.09. The molecular weight excluding hydrogens is 394 g/mol. The fourth-order valence-electron chi connectivity index (χ4n) is 3.31. The predicted molar refractivity (Wildman–Crippen MR) is 98.7 cm³/mol. The van der Waals surface area contributed by atoms with Crippen molar-refractivity contribution in [3.05, 3.63) is 38.1 Å². The number of aliphatic hydroxyl groups is 2. The lowest BCUT2D eigenvalue weighted by Gasteiger charge is -2.22. The van der Waals surface area contributed by atoms with E-state index in [9.17, 15) is 24.6 Å². The van der Waals surface area contributed by atoms with Gasteiger partial charge in [0.15, 0.2) is 6.23 Å². The van der Waals surface area contributed by atoms with Crippen molar-refractivity contribution in [2.24, 2.45) is 5.92 Å². The molecule has 2 fully saturated rings. The number of piperidine rings is 1. The average molecular weight is 416 g/mol. The number of nitrogens with zero attached hydrogens (tertiary/aromatic N) is 1. The molecule has 2 aliphatic rings. The highest BCUT2D eigenvalue weighted by molar-refractivity contribution is 6.27. The van der Waals surface area contributed by atoms with Crippen LogP contribution in [0.4, 0.5) is 0 Å². The molecule has 0 saturated carbocycles. The summed E-state index contributed by atoms with van der Waals surface area (Å²) in [4.78, 5) is 38.1. The van der Waals surface area contributed by atoms with Crippen LogP contribution in [0.15, 0.2) is 21.3 Å². The highest BCUT2D eigenvalue weighted by Gasteiger charge is 2.45. The SMILES string of the molecule is O=C(OCC1OC(n2cc(/C=C/Cl)c(=O)[nH]c2=O)C(O)C1O)C1CCNCC1. The number of H-pyrrole nitrogens is 1. The minimum absolute atomic E-state index is 0.0701. The first-order chi connectivity index (χ1) is 13.4. The molecule has 4 atom stereocenters. The van der Waals surface area contributed by atoms with Crippen molar-refractivity contribution in [1.29, 1.82) is 0 Å². The Kier molecular flexibility index (Phi) is 6.68. The quantitative estimate of drug-likeness (QED) is 0.444. The summed E-state index contributed by atoms with van der Waals surface area (Å²) in [6.45, 7) is 1.21. The number of esters is 1. The summed E-state index contributed by atoms with van der Waals surface area (Å²) in [5.74, 6) is -0.599. The van der Waals surface area contributed by atoms with Crippen molar-refractivity contribution in [2.45, 2.75) is 37.4 Å². The standard InChI is InChI=1S/C17H22ClN3O7/c18-4-1-10-7-21(17(26)20-14(10)24)15-13(23)12(22)11(28-15)8-27-16(25)9-2-5-19-6-3-9/h1,4,7,9,11-13,15,19,22-23H,2-3,5-6,8H2,(H,20,24,26)/b4-1+. The van der Waals surface area contributed by atoms with Gasteiger partial charge in [0, 0.05) is 11.7 Å². The molecule has 1 aromatic heterocycles. The number of aromatic amines is 1. The van der Waals surface area contributed by atoms with Gasteiger partial charge in [-0.3, -0.25) is 19.1 Å². The monoisotopic (exact) mass is 415 g/mol. The Hall–Kier alpha value is -1.98. The molecular formula is C17H22ClN3O7. The van der Waals surface area contributed by atoms with E-state index in [0.29, 0.717) is 12.8 Å².